The van der Waals surface area contributed by atoms with Crippen molar-refractivity contribution in [3.63, 3.8) is 0 Å². The molecule has 1 fully saturated rings. The van der Waals surface area contributed by atoms with Crippen LogP contribution in [0.4, 0.5) is 0 Å². The van der Waals surface area contributed by atoms with E-state index in [1.54, 1.807) is 33.5 Å². The highest BCUT2D eigenvalue weighted by Gasteiger charge is 2.21. The second kappa shape index (κ2) is 13.3. The van der Waals surface area contributed by atoms with E-state index < -0.39 is 0 Å². The van der Waals surface area contributed by atoms with Crippen molar-refractivity contribution in [3.8, 4) is 23.0 Å². The number of aromatic hydroxyl groups is 1. The monoisotopic (exact) mass is 570 g/mol. The maximum atomic E-state index is 10.0. The number of rotatable bonds is 8. The highest BCUT2D eigenvalue weighted by Crippen LogP contribution is 2.27. The molecule has 1 saturated heterocycles. The summed E-state index contributed by atoms with van der Waals surface area (Å²) in [5.41, 5.74) is 2.06. The number of nitrogens with one attached hydrogen (secondary N) is 1. The van der Waals surface area contributed by atoms with Crippen molar-refractivity contribution < 1.29 is 19.3 Å². The number of phenols is 1. The van der Waals surface area contributed by atoms with E-state index in [0.29, 0.717) is 12.3 Å². The average molecular weight is 570 g/mol. The zero-order valence-electron chi connectivity index (χ0n) is 19.8. The Hall–Kier alpha value is -2.40. The summed E-state index contributed by atoms with van der Waals surface area (Å²) in [6, 6.07) is 11.3. The van der Waals surface area contributed by atoms with Crippen LogP contribution in [0.1, 0.15) is 18.1 Å². The molecule has 0 atom stereocenters. The van der Waals surface area contributed by atoms with Crippen molar-refractivity contribution in [3.05, 3.63) is 47.5 Å². The van der Waals surface area contributed by atoms with Gasteiger partial charge in [0.2, 0.25) is 0 Å². The molecule has 0 aromatic heterocycles. The van der Waals surface area contributed by atoms with Gasteiger partial charge in [-0.2, -0.15) is 0 Å². The summed E-state index contributed by atoms with van der Waals surface area (Å²) in [6.07, 6.45) is 0. The predicted octanol–water partition coefficient (Wildman–Crippen LogP) is 3.32. The van der Waals surface area contributed by atoms with Crippen LogP contribution in [0.15, 0.2) is 41.4 Å². The first-order valence-corrected chi connectivity index (χ1v) is 10.9. The standard InChI is InChI=1S/C24H34N4O4.HI/c1-5-25-24(26-16-18-6-8-23(32-4)21(29)14-18)28-12-10-27(11-13-28)17-19-15-20(30-2)7-9-22(19)31-3;/h6-9,14-15,29H,5,10-13,16-17H2,1-4H3,(H,25,26);1H. The normalized spacial score (nSPS) is 14.4. The minimum Gasteiger partial charge on any atom is -0.504 e. The number of piperazine rings is 1. The van der Waals surface area contributed by atoms with Crippen LogP contribution in [-0.2, 0) is 13.1 Å². The number of ether oxygens (including phenoxy) is 3. The zero-order valence-corrected chi connectivity index (χ0v) is 22.2. The largest absolute Gasteiger partial charge is 0.504 e. The van der Waals surface area contributed by atoms with Gasteiger partial charge in [0.1, 0.15) is 11.5 Å². The molecular formula is C24H35IN4O4. The quantitative estimate of drug-likeness (QED) is 0.287. The number of halogens is 1. The van der Waals surface area contributed by atoms with Gasteiger partial charge in [0.25, 0.3) is 0 Å². The molecule has 0 saturated carbocycles. The lowest BCUT2D eigenvalue weighted by Crippen LogP contribution is -2.52. The second-order valence-electron chi connectivity index (χ2n) is 7.62. The molecule has 2 aromatic rings. The smallest absolute Gasteiger partial charge is 0.194 e. The molecule has 2 N–H and O–H groups in total. The Labute approximate surface area is 213 Å². The minimum absolute atomic E-state index is 0. The SMILES string of the molecule is CCNC(=NCc1ccc(OC)c(O)c1)N1CCN(Cc2cc(OC)ccc2OC)CC1.I. The van der Waals surface area contributed by atoms with Gasteiger partial charge in [-0.05, 0) is 42.8 Å². The van der Waals surface area contributed by atoms with Gasteiger partial charge in [0, 0.05) is 44.8 Å². The van der Waals surface area contributed by atoms with Crippen molar-refractivity contribution in [2.45, 2.75) is 20.0 Å². The average Bonchev–Trinajstić information content (AvgIpc) is 2.82. The summed E-state index contributed by atoms with van der Waals surface area (Å²) in [5, 5.41) is 13.4. The Bertz CT molecular complexity index is 917. The van der Waals surface area contributed by atoms with Crippen LogP contribution in [0.25, 0.3) is 0 Å². The third kappa shape index (κ3) is 7.29. The van der Waals surface area contributed by atoms with E-state index >= 15 is 0 Å². The highest BCUT2D eigenvalue weighted by atomic mass is 127. The van der Waals surface area contributed by atoms with Gasteiger partial charge in [0.05, 0.1) is 27.9 Å². The Morgan fingerprint density at radius 3 is 2.27 bits per heavy atom. The maximum Gasteiger partial charge on any atom is 0.194 e. The lowest BCUT2D eigenvalue weighted by molar-refractivity contribution is 0.171. The summed E-state index contributed by atoms with van der Waals surface area (Å²) in [4.78, 5) is 9.49. The number of nitrogens with zero attached hydrogens (tertiary/aromatic N) is 3. The van der Waals surface area contributed by atoms with Crippen LogP contribution in [-0.4, -0.2) is 74.9 Å². The molecular weight excluding hydrogens is 535 g/mol. The van der Waals surface area contributed by atoms with Crippen molar-refractivity contribution >= 4 is 29.9 Å². The van der Waals surface area contributed by atoms with E-state index in [4.69, 9.17) is 19.2 Å². The molecule has 182 valence electrons. The number of methoxy groups -OCH3 is 3. The van der Waals surface area contributed by atoms with Gasteiger partial charge in [-0.3, -0.25) is 4.90 Å². The number of benzene rings is 2. The first-order valence-electron chi connectivity index (χ1n) is 10.9. The first kappa shape index (κ1) is 26.8. The van der Waals surface area contributed by atoms with Crippen LogP contribution in [0.5, 0.6) is 23.0 Å². The van der Waals surface area contributed by atoms with Gasteiger partial charge < -0.3 is 29.5 Å². The van der Waals surface area contributed by atoms with Crippen molar-refractivity contribution in [2.75, 3.05) is 54.1 Å². The number of phenolic OH excluding ortho intramolecular Hbond substituents is 1. The van der Waals surface area contributed by atoms with Gasteiger partial charge in [-0.1, -0.05) is 6.07 Å². The van der Waals surface area contributed by atoms with Gasteiger partial charge in [0.15, 0.2) is 17.5 Å². The molecule has 0 radical (unpaired) electrons. The Balaban J connectivity index is 0.00000385. The number of guanidine groups is 1. The predicted molar refractivity (Wildman–Crippen MR) is 141 cm³/mol. The fourth-order valence-electron chi connectivity index (χ4n) is 3.79. The van der Waals surface area contributed by atoms with E-state index in [-0.39, 0.29) is 29.7 Å². The Kier molecular flexibility index (Phi) is 10.9. The summed E-state index contributed by atoms with van der Waals surface area (Å²) >= 11 is 0. The highest BCUT2D eigenvalue weighted by molar-refractivity contribution is 14.0. The molecule has 0 amide bonds. The van der Waals surface area contributed by atoms with Crippen molar-refractivity contribution in [2.24, 2.45) is 4.99 Å². The van der Waals surface area contributed by atoms with Crippen LogP contribution >= 0.6 is 24.0 Å². The lowest BCUT2D eigenvalue weighted by atomic mass is 10.1. The zero-order chi connectivity index (χ0) is 22.9. The molecule has 1 heterocycles. The molecule has 2 aromatic carbocycles. The third-order valence-corrected chi connectivity index (χ3v) is 5.54. The third-order valence-electron chi connectivity index (χ3n) is 5.54. The minimum atomic E-state index is 0. The summed E-state index contributed by atoms with van der Waals surface area (Å²) < 4.78 is 16.0. The molecule has 0 bridgehead atoms. The lowest BCUT2D eigenvalue weighted by Gasteiger charge is -2.36. The van der Waals surface area contributed by atoms with Crippen LogP contribution in [0, 0.1) is 0 Å². The topological polar surface area (TPSA) is 78.8 Å². The van der Waals surface area contributed by atoms with E-state index in [2.05, 4.69) is 22.0 Å². The molecule has 0 aliphatic carbocycles. The van der Waals surface area contributed by atoms with Crippen molar-refractivity contribution in [1.29, 1.82) is 0 Å². The Morgan fingerprint density at radius 2 is 1.67 bits per heavy atom. The van der Waals surface area contributed by atoms with Gasteiger partial charge in [-0.15, -0.1) is 24.0 Å². The van der Waals surface area contributed by atoms with Gasteiger partial charge >= 0.3 is 0 Å². The Morgan fingerprint density at radius 1 is 0.970 bits per heavy atom. The summed E-state index contributed by atoms with van der Waals surface area (Å²) in [6.45, 7) is 7.78. The van der Waals surface area contributed by atoms with Crippen LogP contribution in [0.2, 0.25) is 0 Å². The van der Waals surface area contributed by atoms with E-state index in [1.165, 1.54) is 0 Å². The molecule has 1 aliphatic heterocycles. The molecule has 3 rings (SSSR count). The first-order chi connectivity index (χ1) is 15.6. The fraction of sp³-hybridized carbons (Fsp3) is 0.458. The summed E-state index contributed by atoms with van der Waals surface area (Å²) in [7, 11) is 4.92. The van der Waals surface area contributed by atoms with Crippen molar-refractivity contribution in [1.82, 2.24) is 15.1 Å². The van der Waals surface area contributed by atoms with E-state index in [1.807, 2.05) is 24.3 Å². The number of hydrogen-bond donors (Lipinski definition) is 2. The molecule has 1 aliphatic rings. The molecule has 0 spiro atoms. The van der Waals surface area contributed by atoms with E-state index in [9.17, 15) is 5.11 Å². The molecule has 8 nitrogen and oxygen atoms in total. The maximum absolute atomic E-state index is 10.0. The number of aliphatic imine (C=N–C) groups is 1. The molecule has 9 heteroatoms. The second-order valence-corrected chi connectivity index (χ2v) is 7.62. The van der Waals surface area contributed by atoms with E-state index in [0.717, 1.165) is 67.9 Å². The summed E-state index contributed by atoms with van der Waals surface area (Å²) in [5.74, 6) is 3.21. The molecule has 0 unspecified atom stereocenters. The fourth-order valence-corrected chi connectivity index (χ4v) is 3.79. The van der Waals surface area contributed by atoms with Crippen LogP contribution < -0.4 is 19.5 Å². The number of hydrogen-bond acceptors (Lipinski definition) is 6. The van der Waals surface area contributed by atoms with Crippen LogP contribution in [0.3, 0.4) is 0 Å². The molecule has 33 heavy (non-hydrogen) atoms. The van der Waals surface area contributed by atoms with Gasteiger partial charge in [-0.25, -0.2) is 4.99 Å².